The van der Waals surface area contributed by atoms with E-state index < -0.39 is 0 Å². The van der Waals surface area contributed by atoms with Crippen LogP contribution in [0.5, 0.6) is 11.5 Å². The molecule has 1 amide bonds. The van der Waals surface area contributed by atoms with Crippen LogP contribution in [0, 0.1) is 0 Å². The standard InChI is InChI=1S/C19H19BrN4O3/c1-3-27-17-15(20)10-14(11-16(17)26-2)19(25)22-12-13-6-4-7-21-18(13)24-9-5-8-23-24/h4-11H,3,12H2,1-2H3,(H,22,25). The first-order valence-electron chi connectivity index (χ1n) is 8.36. The Balaban J connectivity index is 1.78. The van der Waals surface area contributed by atoms with Crippen LogP contribution in [0.4, 0.5) is 0 Å². The molecule has 3 aromatic rings. The van der Waals surface area contributed by atoms with E-state index in [1.54, 1.807) is 29.2 Å². The van der Waals surface area contributed by atoms with E-state index in [4.69, 9.17) is 9.47 Å². The first kappa shape index (κ1) is 18.9. The fraction of sp³-hybridized carbons (Fsp3) is 0.211. The van der Waals surface area contributed by atoms with Crippen molar-refractivity contribution in [1.29, 1.82) is 0 Å². The molecule has 0 radical (unpaired) electrons. The molecule has 0 aliphatic rings. The Bertz CT molecular complexity index is 929. The molecule has 0 aliphatic heterocycles. The lowest BCUT2D eigenvalue weighted by Crippen LogP contribution is -2.24. The maximum atomic E-state index is 12.6. The molecule has 7 nitrogen and oxygen atoms in total. The molecule has 3 rings (SSSR count). The van der Waals surface area contributed by atoms with Crippen LogP contribution in [0.2, 0.25) is 0 Å². The molecule has 0 saturated heterocycles. The number of hydrogen-bond acceptors (Lipinski definition) is 5. The summed E-state index contributed by atoms with van der Waals surface area (Å²) in [6.45, 7) is 2.70. The molecule has 2 aromatic heterocycles. The van der Waals surface area contributed by atoms with Crippen molar-refractivity contribution in [2.45, 2.75) is 13.5 Å². The van der Waals surface area contributed by atoms with Gasteiger partial charge < -0.3 is 14.8 Å². The third-order valence-corrected chi connectivity index (χ3v) is 4.40. The van der Waals surface area contributed by atoms with Crippen molar-refractivity contribution >= 4 is 21.8 Å². The van der Waals surface area contributed by atoms with Gasteiger partial charge >= 0.3 is 0 Å². The summed E-state index contributed by atoms with van der Waals surface area (Å²) in [7, 11) is 1.54. The van der Waals surface area contributed by atoms with Crippen molar-refractivity contribution in [2.24, 2.45) is 0 Å². The SMILES string of the molecule is CCOc1c(Br)cc(C(=O)NCc2cccnc2-n2cccn2)cc1OC. The van der Waals surface area contributed by atoms with Crippen molar-refractivity contribution in [1.82, 2.24) is 20.1 Å². The van der Waals surface area contributed by atoms with Crippen LogP contribution in [-0.4, -0.2) is 34.4 Å². The summed E-state index contributed by atoms with van der Waals surface area (Å²) in [5, 5.41) is 7.11. The minimum Gasteiger partial charge on any atom is -0.493 e. The number of benzene rings is 1. The third-order valence-electron chi connectivity index (χ3n) is 3.81. The molecule has 2 heterocycles. The molecule has 0 bridgehead atoms. The number of ether oxygens (including phenoxy) is 2. The molecular weight excluding hydrogens is 412 g/mol. The van der Waals surface area contributed by atoms with E-state index in [0.29, 0.717) is 40.5 Å². The van der Waals surface area contributed by atoms with Gasteiger partial charge in [-0.3, -0.25) is 4.79 Å². The van der Waals surface area contributed by atoms with E-state index in [1.807, 2.05) is 31.3 Å². The van der Waals surface area contributed by atoms with Gasteiger partial charge in [-0.25, -0.2) is 9.67 Å². The second-order valence-corrected chi connectivity index (χ2v) is 6.40. The Labute approximate surface area is 165 Å². The molecule has 1 aromatic carbocycles. The second kappa shape index (κ2) is 8.68. The maximum absolute atomic E-state index is 12.6. The van der Waals surface area contributed by atoms with Crippen LogP contribution >= 0.6 is 15.9 Å². The molecule has 0 saturated carbocycles. The number of nitrogens with zero attached hydrogens (tertiary/aromatic N) is 3. The molecule has 0 atom stereocenters. The zero-order valence-electron chi connectivity index (χ0n) is 15.0. The average molecular weight is 431 g/mol. The average Bonchev–Trinajstić information content (AvgIpc) is 3.22. The first-order chi connectivity index (χ1) is 13.1. The maximum Gasteiger partial charge on any atom is 0.251 e. The highest BCUT2D eigenvalue weighted by Gasteiger charge is 2.16. The molecular formula is C19H19BrN4O3. The second-order valence-electron chi connectivity index (χ2n) is 5.54. The lowest BCUT2D eigenvalue weighted by atomic mass is 10.1. The number of pyridine rings is 1. The summed E-state index contributed by atoms with van der Waals surface area (Å²) in [5.74, 6) is 1.51. The number of amides is 1. The third kappa shape index (κ3) is 4.28. The van der Waals surface area contributed by atoms with Gasteiger partial charge in [-0.1, -0.05) is 6.07 Å². The van der Waals surface area contributed by atoms with Crippen molar-refractivity contribution in [3.8, 4) is 17.3 Å². The van der Waals surface area contributed by atoms with Crippen LogP contribution in [-0.2, 0) is 6.54 Å². The molecule has 27 heavy (non-hydrogen) atoms. The topological polar surface area (TPSA) is 78.3 Å². The first-order valence-corrected chi connectivity index (χ1v) is 9.15. The molecule has 8 heteroatoms. The summed E-state index contributed by atoms with van der Waals surface area (Å²) in [6, 6.07) is 8.91. The highest BCUT2D eigenvalue weighted by Crippen LogP contribution is 2.36. The van der Waals surface area contributed by atoms with Gasteiger partial charge in [0, 0.05) is 36.3 Å². The summed E-state index contributed by atoms with van der Waals surface area (Å²) in [4.78, 5) is 17.0. The number of nitrogens with one attached hydrogen (secondary N) is 1. The normalized spacial score (nSPS) is 10.5. The molecule has 1 N–H and O–H groups in total. The minimum absolute atomic E-state index is 0.229. The number of aromatic nitrogens is 3. The number of hydrogen-bond donors (Lipinski definition) is 1. The zero-order valence-corrected chi connectivity index (χ0v) is 16.6. The fourth-order valence-corrected chi connectivity index (χ4v) is 3.14. The summed E-state index contributed by atoms with van der Waals surface area (Å²) < 4.78 is 13.2. The van der Waals surface area contributed by atoms with E-state index >= 15 is 0 Å². The summed E-state index contributed by atoms with van der Waals surface area (Å²) in [6.07, 6.45) is 5.18. The van der Waals surface area contributed by atoms with Crippen LogP contribution in [0.1, 0.15) is 22.8 Å². The van der Waals surface area contributed by atoms with Gasteiger partial charge in [0.15, 0.2) is 17.3 Å². The summed E-state index contributed by atoms with van der Waals surface area (Å²) in [5.41, 5.74) is 1.32. The largest absolute Gasteiger partial charge is 0.493 e. The lowest BCUT2D eigenvalue weighted by Gasteiger charge is -2.14. The Hall–Kier alpha value is -2.87. The summed E-state index contributed by atoms with van der Waals surface area (Å²) >= 11 is 3.44. The number of carbonyl (C=O) groups excluding carboxylic acids is 1. The predicted octanol–water partition coefficient (Wildman–Crippen LogP) is 3.37. The van der Waals surface area contributed by atoms with Crippen LogP contribution in [0.15, 0.2) is 53.4 Å². The van der Waals surface area contributed by atoms with Crippen LogP contribution < -0.4 is 14.8 Å². The smallest absolute Gasteiger partial charge is 0.251 e. The number of methoxy groups -OCH3 is 1. The van der Waals surface area contributed by atoms with Gasteiger partial charge in [0.05, 0.1) is 18.2 Å². The van der Waals surface area contributed by atoms with Crippen molar-refractivity contribution < 1.29 is 14.3 Å². The van der Waals surface area contributed by atoms with Gasteiger partial charge in [0.2, 0.25) is 0 Å². The van der Waals surface area contributed by atoms with E-state index in [1.165, 1.54) is 7.11 Å². The fourth-order valence-electron chi connectivity index (χ4n) is 2.58. The highest BCUT2D eigenvalue weighted by molar-refractivity contribution is 9.10. The van der Waals surface area contributed by atoms with Crippen LogP contribution in [0.3, 0.4) is 0 Å². The Morgan fingerprint density at radius 2 is 2.15 bits per heavy atom. The van der Waals surface area contributed by atoms with E-state index in [2.05, 4.69) is 31.3 Å². The van der Waals surface area contributed by atoms with E-state index in [0.717, 1.165) is 5.56 Å². The molecule has 0 aliphatic carbocycles. The highest BCUT2D eigenvalue weighted by atomic mass is 79.9. The Morgan fingerprint density at radius 3 is 2.85 bits per heavy atom. The van der Waals surface area contributed by atoms with Gasteiger partial charge in [-0.2, -0.15) is 5.10 Å². The molecule has 0 fully saturated rings. The molecule has 0 unspecified atom stereocenters. The number of halogens is 1. The van der Waals surface area contributed by atoms with Gasteiger partial charge in [0.25, 0.3) is 5.91 Å². The Kier molecular flexibility index (Phi) is 6.08. The van der Waals surface area contributed by atoms with Crippen molar-refractivity contribution in [3.63, 3.8) is 0 Å². The molecule has 140 valence electrons. The zero-order chi connectivity index (χ0) is 19.2. The van der Waals surface area contributed by atoms with E-state index in [9.17, 15) is 4.79 Å². The van der Waals surface area contributed by atoms with Crippen molar-refractivity contribution in [2.75, 3.05) is 13.7 Å². The monoisotopic (exact) mass is 430 g/mol. The number of carbonyl (C=O) groups is 1. The predicted molar refractivity (Wildman–Crippen MR) is 104 cm³/mol. The van der Waals surface area contributed by atoms with Gasteiger partial charge in [0.1, 0.15) is 0 Å². The van der Waals surface area contributed by atoms with E-state index in [-0.39, 0.29) is 5.91 Å². The molecule has 0 spiro atoms. The quantitative estimate of drug-likeness (QED) is 0.621. The van der Waals surface area contributed by atoms with Crippen LogP contribution in [0.25, 0.3) is 5.82 Å². The van der Waals surface area contributed by atoms with Gasteiger partial charge in [-0.15, -0.1) is 0 Å². The van der Waals surface area contributed by atoms with Gasteiger partial charge in [-0.05, 0) is 47.1 Å². The lowest BCUT2D eigenvalue weighted by molar-refractivity contribution is 0.0950. The minimum atomic E-state index is -0.229. The Morgan fingerprint density at radius 1 is 1.30 bits per heavy atom. The number of rotatable bonds is 7. The van der Waals surface area contributed by atoms with Crippen molar-refractivity contribution in [3.05, 3.63) is 64.5 Å².